The molecule has 20 heavy (non-hydrogen) atoms. The number of para-hydroxylation sites is 1. The quantitative estimate of drug-likeness (QED) is 0.823. The van der Waals surface area contributed by atoms with Crippen LogP contribution in [-0.2, 0) is 11.2 Å². The summed E-state index contributed by atoms with van der Waals surface area (Å²) in [6, 6.07) is 7.49. The largest absolute Gasteiger partial charge is 0.387 e. The summed E-state index contributed by atoms with van der Waals surface area (Å²) in [4.78, 5) is 16.7. The smallest absolute Gasteiger partial charge is 0.247 e. The van der Waals surface area contributed by atoms with Gasteiger partial charge in [-0.15, -0.1) is 0 Å². The van der Waals surface area contributed by atoms with Crippen molar-refractivity contribution in [2.24, 2.45) is 5.73 Å². The van der Waals surface area contributed by atoms with Gasteiger partial charge < -0.3 is 15.6 Å². The second-order valence-corrected chi connectivity index (χ2v) is 5.16. The van der Waals surface area contributed by atoms with Crippen molar-refractivity contribution in [2.45, 2.75) is 18.9 Å². The van der Waals surface area contributed by atoms with Gasteiger partial charge in [0.15, 0.2) is 5.82 Å². The van der Waals surface area contributed by atoms with Crippen LogP contribution in [0.1, 0.15) is 23.9 Å². The lowest BCUT2D eigenvalue weighted by Crippen LogP contribution is -2.28. The maximum atomic E-state index is 12.4. The summed E-state index contributed by atoms with van der Waals surface area (Å²) in [5.41, 5.74) is 7.66. The third-order valence-corrected chi connectivity index (χ3v) is 3.67. The van der Waals surface area contributed by atoms with Gasteiger partial charge in [0.2, 0.25) is 5.91 Å². The predicted octanol–water partition coefficient (Wildman–Crippen LogP) is 1.64. The van der Waals surface area contributed by atoms with E-state index in [1.807, 2.05) is 24.3 Å². The van der Waals surface area contributed by atoms with Crippen LogP contribution in [0.2, 0.25) is 0 Å². The molecule has 0 saturated carbocycles. The van der Waals surface area contributed by atoms with E-state index in [2.05, 4.69) is 10.3 Å². The van der Waals surface area contributed by atoms with Crippen LogP contribution in [0.25, 0.3) is 0 Å². The first-order chi connectivity index (χ1) is 9.66. The fourth-order valence-electron chi connectivity index (χ4n) is 2.52. The molecule has 0 spiro atoms. The summed E-state index contributed by atoms with van der Waals surface area (Å²) in [7, 11) is 0. The summed E-state index contributed by atoms with van der Waals surface area (Å²) in [5, 5.41) is 2.96. The molecule has 2 heterocycles. The monoisotopic (exact) mass is 286 g/mol. The zero-order valence-electron chi connectivity index (χ0n) is 10.7. The van der Waals surface area contributed by atoms with E-state index < -0.39 is 0 Å². The summed E-state index contributed by atoms with van der Waals surface area (Å²) in [5.74, 6) is 0.413. The van der Waals surface area contributed by atoms with Gasteiger partial charge in [-0.05, 0) is 24.5 Å². The van der Waals surface area contributed by atoms with Gasteiger partial charge in [0.05, 0.1) is 0 Å². The van der Waals surface area contributed by atoms with Crippen molar-refractivity contribution in [3.8, 4) is 0 Å². The van der Waals surface area contributed by atoms with Crippen LogP contribution in [0.3, 0.4) is 0 Å². The molecule has 1 atom stereocenters. The van der Waals surface area contributed by atoms with Crippen LogP contribution in [0.5, 0.6) is 0 Å². The molecule has 3 rings (SSSR count). The van der Waals surface area contributed by atoms with Crippen LogP contribution in [0.4, 0.5) is 5.69 Å². The SMILES string of the molecule is NC(=S)c1nccn1C1CCc2ccccc2NC1=O. The van der Waals surface area contributed by atoms with E-state index in [0.29, 0.717) is 12.2 Å². The molecule has 6 heteroatoms. The molecule has 0 aliphatic carbocycles. The second-order valence-electron chi connectivity index (χ2n) is 4.72. The Balaban J connectivity index is 1.95. The van der Waals surface area contributed by atoms with Crippen molar-refractivity contribution in [1.82, 2.24) is 9.55 Å². The molecule has 1 amide bonds. The first-order valence-corrected chi connectivity index (χ1v) is 6.79. The van der Waals surface area contributed by atoms with E-state index in [1.54, 1.807) is 17.0 Å². The normalized spacial score (nSPS) is 18.0. The van der Waals surface area contributed by atoms with Gasteiger partial charge in [-0.2, -0.15) is 0 Å². The van der Waals surface area contributed by atoms with E-state index in [4.69, 9.17) is 18.0 Å². The number of aryl methyl sites for hydroxylation is 1. The van der Waals surface area contributed by atoms with E-state index in [9.17, 15) is 4.79 Å². The zero-order chi connectivity index (χ0) is 14.1. The molecule has 3 N–H and O–H groups in total. The number of hydrogen-bond acceptors (Lipinski definition) is 3. The second kappa shape index (κ2) is 5.05. The van der Waals surface area contributed by atoms with Crippen molar-refractivity contribution < 1.29 is 4.79 Å². The Bertz CT molecular complexity index is 679. The standard InChI is InChI=1S/C14H14N4OS/c15-12(20)13-16-7-8-18(13)11-6-5-9-3-1-2-4-10(9)17-14(11)19/h1-4,7-8,11H,5-6H2,(H2,15,20)(H,17,19). The third-order valence-electron chi connectivity index (χ3n) is 3.49. The number of fused-ring (bicyclic) bond motifs is 1. The summed E-state index contributed by atoms with van der Waals surface area (Å²) in [6.45, 7) is 0. The van der Waals surface area contributed by atoms with Crippen LogP contribution in [0, 0.1) is 0 Å². The fraction of sp³-hybridized carbons (Fsp3) is 0.214. The number of anilines is 1. The number of aromatic nitrogens is 2. The Morgan fingerprint density at radius 3 is 3.05 bits per heavy atom. The van der Waals surface area contributed by atoms with Crippen LogP contribution < -0.4 is 11.1 Å². The first kappa shape index (κ1) is 12.8. The third kappa shape index (κ3) is 2.18. The van der Waals surface area contributed by atoms with E-state index in [1.165, 1.54) is 0 Å². The maximum absolute atomic E-state index is 12.4. The average Bonchev–Trinajstić information content (AvgIpc) is 2.84. The number of benzene rings is 1. The average molecular weight is 286 g/mol. The minimum Gasteiger partial charge on any atom is -0.387 e. The molecule has 1 aromatic heterocycles. The van der Waals surface area contributed by atoms with Crippen LogP contribution >= 0.6 is 12.2 Å². The number of rotatable bonds is 2. The number of thiocarbonyl (C=S) groups is 1. The molecule has 1 unspecified atom stereocenters. The van der Waals surface area contributed by atoms with E-state index in [0.717, 1.165) is 17.7 Å². The molecule has 5 nitrogen and oxygen atoms in total. The lowest BCUT2D eigenvalue weighted by molar-refractivity contribution is -0.119. The molecular formula is C14H14N4OS. The number of amides is 1. The van der Waals surface area contributed by atoms with Gasteiger partial charge in [0.1, 0.15) is 11.0 Å². The fourth-order valence-corrected chi connectivity index (χ4v) is 2.68. The molecule has 1 aliphatic rings. The van der Waals surface area contributed by atoms with Crippen LogP contribution in [0.15, 0.2) is 36.7 Å². The lowest BCUT2D eigenvalue weighted by Gasteiger charge is -2.17. The Labute approximate surface area is 121 Å². The maximum Gasteiger partial charge on any atom is 0.247 e. The molecule has 0 radical (unpaired) electrons. The Morgan fingerprint density at radius 1 is 1.45 bits per heavy atom. The topological polar surface area (TPSA) is 72.9 Å². The highest BCUT2D eigenvalue weighted by molar-refractivity contribution is 7.80. The van der Waals surface area contributed by atoms with E-state index in [-0.39, 0.29) is 16.9 Å². The van der Waals surface area contributed by atoms with Crippen molar-refractivity contribution >= 4 is 28.8 Å². The van der Waals surface area contributed by atoms with Crippen molar-refractivity contribution in [3.05, 3.63) is 48.0 Å². The van der Waals surface area contributed by atoms with Gasteiger partial charge in [0, 0.05) is 18.1 Å². The summed E-state index contributed by atoms with van der Waals surface area (Å²) < 4.78 is 1.75. The number of nitrogens with zero attached hydrogens (tertiary/aromatic N) is 2. The number of nitrogens with one attached hydrogen (secondary N) is 1. The Kier molecular flexibility index (Phi) is 3.23. The molecule has 0 saturated heterocycles. The lowest BCUT2D eigenvalue weighted by atomic mass is 10.1. The number of imidazole rings is 1. The summed E-state index contributed by atoms with van der Waals surface area (Å²) in [6.07, 6.45) is 4.86. The molecule has 1 aliphatic heterocycles. The van der Waals surface area contributed by atoms with Crippen molar-refractivity contribution in [3.63, 3.8) is 0 Å². The van der Waals surface area contributed by atoms with Gasteiger partial charge >= 0.3 is 0 Å². The molecular weight excluding hydrogens is 272 g/mol. The predicted molar refractivity (Wildman–Crippen MR) is 80.5 cm³/mol. The molecule has 0 fully saturated rings. The molecule has 0 bridgehead atoms. The zero-order valence-corrected chi connectivity index (χ0v) is 11.6. The van der Waals surface area contributed by atoms with Crippen molar-refractivity contribution in [2.75, 3.05) is 5.32 Å². The van der Waals surface area contributed by atoms with Crippen LogP contribution in [-0.4, -0.2) is 20.4 Å². The van der Waals surface area contributed by atoms with Gasteiger partial charge in [-0.25, -0.2) is 4.98 Å². The van der Waals surface area contributed by atoms with E-state index >= 15 is 0 Å². The Morgan fingerprint density at radius 2 is 2.25 bits per heavy atom. The Hall–Kier alpha value is -2.21. The van der Waals surface area contributed by atoms with Gasteiger partial charge in [0.25, 0.3) is 0 Å². The minimum absolute atomic E-state index is 0.0644. The first-order valence-electron chi connectivity index (χ1n) is 6.38. The van der Waals surface area contributed by atoms with Gasteiger partial charge in [-0.3, -0.25) is 4.79 Å². The van der Waals surface area contributed by atoms with Crippen molar-refractivity contribution in [1.29, 1.82) is 0 Å². The van der Waals surface area contributed by atoms with Gasteiger partial charge in [-0.1, -0.05) is 30.4 Å². The molecule has 1 aromatic carbocycles. The minimum atomic E-state index is -0.346. The highest BCUT2D eigenvalue weighted by atomic mass is 32.1. The molecule has 2 aromatic rings. The number of carbonyl (C=O) groups excluding carboxylic acids is 1. The number of nitrogens with two attached hydrogens (primary N) is 1. The highest BCUT2D eigenvalue weighted by Crippen LogP contribution is 2.27. The summed E-state index contributed by atoms with van der Waals surface area (Å²) >= 11 is 4.98. The number of carbonyl (C=O) groups is 1. The number of hydrogen-bond donors (Lipinski definition) is 2. The molecule has 102 valence electrons. The highest BCUT2D eigenvalue weighted by Gasteiger charge is 2.26.